The van der Waals surface area contributed by atoms with Gasteiger partial charge in [0.15, 0.2) is 0 Å². The highest BCUT2D eigenvalue weighted by Crippen LogP contribution is 2.40. The number of nitrogens with one attached hydrogen (secondary N) is 1. The molecule has 0 spiro atoms. The quantitative estimate of drug-likeness (QED) is 0.588. The zero-order valence-electron chi connectivity index (χ0n) is 16.2. The number of rotatable bonds is 6. The topological polar surface area (TPSA) is 29.1 Å². The highest BCUT2D eigenvalue weighted by molar-refractivity contribution is 7.14. The number of carbonyl (C=O) groups is 1. The summed E-state index contributed by atoms with van der Waals surface area (Å²) >= 11 is 1.55. The maximum absolute atomic E-state index is 12.0. The van der Waals surface area contributed by atoms with Crippen LogP contribution in [0.1, 0.15) is 74.9 Å². The van der Waals surface area contributed by atoms with Crippen LogP contribution in [0.25, 0.3) is 6.08 Å². The first-order valence-electron chi connectivity index (χ1n) is 9.28. The van der Waals surface area contributed by atoms with Crippen LogP contribution in [0.4, 0.5) is 0 Å². The van der Waals surface area contributed by atoms with Crippen LogP contribution in [0, 0.1) is 5.41 Å². The van der Waals surface area contributed by atoms with Crippen LogP contribution in [-0.4, -0.2) is 12.5 Å². The Morgan fingerprint density at radius 2 is 2.12 bits per heavy atom. The second-order valence-corrected chi connectivity index (χ2v) is 8.73. The maximum atomic E-state index is 12.0. The molecule has 2 rings (SSSR count). The highest BCUT2D eigenvalue weighted by atomic mass is 32.1. The molecule has 0 aromatic carbocycles. The minimum atomic E-state index is 0.0319. The largest absolute Gasteiger partial charge is 0.351 e. The fourth-order valence-corrected chi connectivity index (χ4v) is 4.31. The molecule has 25 heavy (non-hydrogen) atoms. The van der Waals surface area contributed by atoms with Crippen LogP contribution in [0.5, 0.6) is 0 Å². The fourth-order valence-electron chi connectivity index (χ4n) is 3.38. The van der Waals surface area contributed by atoms with Gasteiger partial charge >= 0.3 is 0 Å². The molecule has 2 nitrogen and oxygen atoms in total. The van der Waals surface area contributed by atoms with E-state index in [4.69, 9.17) is 0 Å². The summed E-state index contributed by atoms with van der Waals surface area (Å²) in [5.41, 5.74) is 4.49. The Morgan fingerprint density at radius 3 is 2.80 bits per heavy atom. The molecule has 0 aliphatic heterocycles. The average Bonchev–Trinajstić information content (AvgIpc) is 3.00. The van der Waals surface area contributed by atoms with E-state index in [1.165, 1.54) is 36.0 Å². The normalized spacial score (nSPS) is 18.0. The van der Waals surface area contributed by atoms with E-state index in [1.54, 1.807) is 11.3 Å². The third kappa shape index (κ3) is 5.43. The number of carbonyl (C=O) groups excluding carboxylic acids is 1. The first-order valence-corrected chi connectivity index (χ1v) is 10.1. The molecule has 0 atom stereocenters. The lowest BCUT2D eigenvalue weighted by atomic mass is 9.72. The van der Waals surface area contributed by atoms with E-state index in [2.05, 4.69) is 58.2 Å². The molecule has 136 valence electrons. The van der Waals surface area contributed by atoms with Crippen molar-refractivity contribution in [2.24, 2.45) is 5.41 Å². The number of thiophene rings is 1. The van der Waals surface area contributed by atoms with Crippen LogP contribution in [0.15, 0.2) is 41.0 Å². The summed E-state index contributed by atoms with van der Waals surface area (Å²) in [4.78, 5) is 13.9. The third-order valence-electron chi connectivity index (χ3n) is 4.81. The van der Waals surface area contributed by atoms with Crippen LogP contribution < -0.4 is 5.32 Å². The molecule has 1 aromatic heterocycles. The fraction of sp³-hybridized carbons (Fsp3) is 0.500. The van der Waals surface area contributed by atoms with Gasteiger partial charge in [-0.15, -0.1) is 11.3 Å². The highest BCUT2D eigenvalue weighted by Gasteiger charge is 2.26. The van der Waals surface area contributed by atoms with Gasteiger partial charge in [-0.2, -0.15) is 0 Å². The summed E-state index contributed by atoms with van der Waals surface area (Å²) in [6.45, 7) is 11.9. The molecule has 0 fully saturated rings. The van der Waals surface area contributed by atoms with Gasteiger partial charge in [0.2, 0.25) is 0 Å². The van der Waals surface area contributed by atoms with Gasteiger partial charge in [-0.3, -0.25) is 4.79 Å². The first kappa shape index (κ1) is 19.7. The van der Waals surface area contributed by atoms with Crippen molar-refractivity contribution < 1.29 is 4.79 Å². The van der Waals surface area contributed by atoms with Gasteiger partial charge in [0.05, 0.1) is 4.88 Å². The molecule has 1 aliphatic carbocycles. The van der Waals surface area contributed by atoms with Gasteiger partial charge in [-0.05, 0) is 74.3 Å². The molecular formula is C22H31NOS. The summed E-state index contributed by atoms with van der Waals surface area (Å²) in [5.74, 6) is 0.0319. The van der Waals surface area contributed by atoms with Crippen molar-refractivity contribution in [1.82, 2.24) is 5.32 Å². The standard InChI is InChI=1S/C22H31NOS/c1-6-14-23-21(24)20-12-10-18(25-20)15-16(2)9-11-19-17(3)8-7-13-22(19,4)5/h9-12,15H,6-8,13-14H2,1-5H3,(H,23,24). The van der Waals surface area contributed by atoms with E-state index < -0.39 is 0 Å². The summed E-state index contributed by atoms with van der Waals surface area (Å²) in [7, 11) is 0. The molecule has 0 radical (unpaired) electrons. The Morgan fingerprint density at radius 1 is 1.36 bits per heavy atom. The Labute approximate surface area is 156 Å². The minimum absolute atomic E-state index is 0.0319. The molecule has 1 heterocycles. The van der Waals surface area contributed by atoms with E-state index in [1.807, 2.05) is 12.1 Å². The second-order valence-electron chi connectivity index (χ2n) is 7.61. The van der Waals surface area contributed by atoms with Crippen LogP contribution in [0.3, 0.4) is 0 Å². The predicted octanol–water partition coefficient (Wildman–Crippen LogP) is 6.37. The lowest BCUT2D eigenvalue weighted by Gasteiger charge is -2.32. The zero-order valence-corrected chi connectivity index (χ0v) is 17.1. The Balaban J connectivity index is 2.09. The number of amides is 1. The molecule has 1 aromatic rings. The van der Waals surface area contributed by atoms with E-state index in [9.17, 15) is 4.79 Å². The summed E-state index contributed by atoms with van der Waals surface area (Å²) in [6.07, 6.45) is 11.4. The van der Waals surface area contributed by atoms with Crippen LogP contribution in [0.2, 0.25) is 0 Å². The molecular weight excluding hydrogens is 326 g/mol. The number of allylic oxidation sites excluding steroid dienone is 5. The van der Waals surface area contributed by atoms with Crippen LogP contribution in [-0.2, 0) is 0 Å². The van der Waals surface area contributed by atoms with Gasteiger partial charge in [0.25, 0.3) is 5.91 Å². The van der Waals surface area contributed by atoms with Crippen molar-refractivity contribution in [3.05, 3.63) is 50.8 Å². The maximum Gasteiger partial charge on any atom is 0.261 e. The molecule has 0 saturated heterocycles. The van der Waals surface area contributed by atoms with Crippen molar-refractivity contribution in [2.45, 2.75) is 60.3 Å². The second kappa shape index (κ2) is 8.66. The molecule has 0 bridgehead atoms. The predicted molar refractivity (Wildman–Crippen MR) is 110 cm³/mol. The molecule has 1 amide bonds. The van der Waals surface area contributed by atoms with Gasteiger partial charge in [-0.25, -0.2) is 0 Å². The van der Waals surface area contributed by atoms with E-state index in [0.29, 0.717) is 0 Å². The minimum Gasteiger partial charge on any atom is -0.351 e. The smallest absolute Gasteiger partial charge is 0.261 e. The van der Waals surface area contributed by atoms with Crippen molar-refractivity contribution in [3.63, 3.8) is 0 Å². The summed E-state index contributed by atoms with van der Waals surface area (Å²) in [6, 6.07) is 3.94. The van der Waals surface area contributed by atoms with Crippen molar-refractivity contribution >= 4 is 23.3 Å². The van der Waals surface area contributed by atoms with Crippen molar-refractivity contribution in [3.8, 4) is 0 Å². The zero-order chi connectivity index (χ0) is 18.4. The Bertz CT molecular complexity index is 703. The van der Waals surface area contributed by atoms with Crippen molar-refractivity contribution in [2.75, 3.05) is 6.54 Å². The van der Waals surface area contributed by atoms with E-state index in [0.717, 1.165) is 22.7 Å². The average molecular weight is 358 g/mol. The summed E-state index contributed by atoms with van der Waals surface area (Å²) in [5, 5.41) is 2.93. The van der Waals surface area contributed by atoms with E-state index >= 15 is 0 Å². The number of hydrogen-bond acceptors (Lipinski definition) is 2. The van der Waals surface area contributed by atoms with E-state index in [-0.39, 0.29) is 11.3 Å². The van der Waals surface area contributed by atoms with Gasteiger partial charge < -0.3 is 5.32 Å². The molecule has 1 aliphatic rings. The molecule has 0 unspecified atom stereocenters. The molecule has 3 heteroatoms. The Kier molecular flexibility index (Phi) is 6.83. The van der Waals surface area contributed by atoms with Crippen LogP contribution >= 0.6 is 11.3 Å². The molecule has 1 N–H and O–H groups in total. The van der Waals surface area contributed by atoms with Crippen molar-refractivity contribution in [1.29, 1.82) is 0 Å². The molecule has 0 saturated carbocycles. The summed E-state index contributed by atoms with van der Waals surface area (Å²) < 4.78 is 0. The first-order chi connectivity index (χ1) is 11.8. The lowest BCUT2D eigenvalue weighted by Crippen LogP contribution is -2.22. The van der Waals surface area contributed by atoms with Gasteiger partial charge in [0, 0.05) is 11.4 Å². The van der Waals surface area contributed by atoms with Gasteiger partial charge in [-0.1, -0.05) is 38.5 Å². The number of hydrogen-bond donors (Lipinski definition) is 1. The SMILES string of the molecule is CCCNC(=O)c1ccc(C=C(C)C=CC2=C(C)CCCC2(C)C)s1. The van der Waals surface area contributed by atoms with Gasteiger partial charge in [0.1, 0.15) is 0 Å². The third-order valence-corrected chi connectivity index (χ3v) is 5.84. The lowest BCUT2D eigenvalue weighted by molar-refractivity contribution is 0.0957. The monoisotopic (exact) mass is 357 g/mol. The Hall–Kier alpha value is -1.61.